The molecule has 1 aliphatic carbocycles. The smallest absolute Gasteiger partial charge is 0.0186 e. The first-order valence-corrected chi connectivity index (χ1v) is 8.18. The summed E-state index contributed by atoms with van der Waals surface area (Å²) in [6.45, 7) is 4.82. The lowest BCUT2D eigenvalue weighted by Crippen LogP contribution is -2.44. The summed E-state index contributed by atoms with van der Waals surface area (Å²) in [7, 11) is 0. The van der Waals surface area contributed by atoms with Gasteiger partial charge in [-0.25, -0.2) is 0 Å². The van der Waals surface area contributed by atoms with E-state index in [2.05, 4.69) is 30.9 Å². The van der Waals surface area contributed by atoms with Crippen LogP contribution >= 0.6 is 11.8 Å². The van der Waals surface area contributed by atoms with E-state index in [4.69, 9.17) is 0 Å². The Morgan fingerprint density at radius 3 is 2.62 bits per heavy atom. The van der Waals surface area contributed by atoms with Gasteiger partial charge in [0.05, 0.1) is 0 Å². The van der Waals surface area contributed by atoms with Gasteiger partial charge in [0.15, 0.2) is 0 Å². The molecule has 1 saturated carbocycles. The van der Waals surface area contributed by atoms with Gasteiger partial charge in [-0.05, 0) is 43.8 Å². The highest BCUT2D eigenvalue weighted by atomic mass is 32.2. The highest BCUT2D eigenvalue weighted by Crippen LogP contribution is 2.28. The maximum Gasteiger partial charge on any atom is 0.0186 e. The predicted molar refractivity (Wildman–Crippen MR) is 74.1 cm³/mol. The summed E-state index contributed by atoms with van der Waals surface area (Å²) in [5.74, 6) is 2.34. The van der Waals surface area contributed by atoms with E-state index in [1.807, 2.05) is 0 Å². The van der Waals surface area contributed by atoms with Crippen LogP contribution in [0.15, 0.2) is 0 Å². The second-order valence-corrected chi connectivity index (χ2v) is 7.29. The van der Waals surface area contributed by atoms with Crippen molar-refractivity contribution in [3.8, 4) is 0 Å². The molecule has 1 saturated heterocycles. The quantitative estimate of drug-likeness (QED) is 0.737. The van der Waals surface area contributed by atoms with Crippen molar-refractivity contribution >= 4 is 11.8 Å². The first-order chi connectivity index (χ1) is 7.75. The molecule has 0 amide bonds. The van der Waals surface area contributed by atoms with Crippen molar-refractivity contribution < 1.29 is 0 Å². The van der Waals surface area contributed by atoms with Crippen LogP contribution < -0.4 is 5.32 Å². The normalized spacial score (nSPS) is 41.6. The summed E-state index contributed by atoms with van der Waals surface area (Å²) in [5, 5.41) is 4.78. The highest BCUT2D eigenvalue weighted by molar-refractivity contribution is 7.99. The van der Waals surface area contributed by atoms with Gasteiger partial charge in [0, 0.05) is 17.3 Å². The average Bonchev–Trinajstić information content (AvgIpc) is 2.47. The van der Waals surface area contributed by atoms with Gasteiger partial charge in [0.1, 0.15) is 0 Å². The molecule has 4 atom stereocenters. The zero-order valence-electron chi connectivity index (χ0n) is 10.9. The van der Waals surface area contributed by atoms with Crippen molar-refractivity contribution in [1.29, 1.82) is 0 Å². The Bertz CT molecular complexity index is 207. The number of nitrogens with one attached hydrogen (secondary N) is 1. The van der Waals surface area contributed by atoms with Crippen LogP contribution in [0.25, 0.3) is 0 Å². The first kappa shape index (κ1) is 12.8. The Morgan fingerprint density at radius 1 is 0.938 bits per heavy atom. The molecule has 1 N–H and O–H groups in total. The Balaban J connectivity index is 1.79. The molecule has 0 aromatic rings. The van der Waals surface area contributed by atoms with Crippen LogP contribution in [0, 0.1) is 5.92 Å². The van der Waals surface area contributed by atoms with Crippen molar-refractivity contribution in [1.82, 2.24) is 5.32 Å². The van der Waals surface area contributed by atoms with E-state index >= 15 is 0 Å². The van der Waals surface area contributed by atoms with Crippen LogP contribution in [0.4, 0.5) is 0 Å². The first-order valence-electron chi connectivity index (χ1n) is 7.13. The van der Waals surface area contributed by atoms with E-state index in [1.165, 1.54) is 50.7 Å². The third-order valence-corrected chi connectivity index (χ3v) is 5.69. The third kappa shape index (κ3) is 3.66. The Kier molecular flexibility index (Phi) is 5.02. The van der Waals surface area contributed by atoms with Gasteiger partial charge in [-0.15, -0.1) is 0 Å². The van der Waals surface area contributed by atoms with E-state index in [0.717, 1.165) is 23.3 Å². The van der Waals surface area contributed by atoms with Gasteiger partial charge in [0.25, 0.3) is 0 Å². The van der Waals surface area contributed by atoms with Crippen molar-refractivity contribution in [2.24, 2.45) is 5.92 Å². The molecule has 1 heterocycles. The maximum atomic E-state index is 3.95. The molecule has 2 aliphatic rings. The Morgan fingerprint density at radius 2 is 1.81 bits per heavy atom. The second-order valence-electron chi connectivity index (χ2n) is 5.80. The van der Waals surface area contributed by atoms with E-state index < -0.39 is 0 Å². The molecule has 0 radical (unpaired) electrons. The van der Waals surface area contributed by atoms with Crippen molar-refractivity contribution in [3.63, 3.8) is 0 Å². The topological polar surface area (TPSA) is 12.0 Å². The largest absolute Gasteiger partial charge is 0.310 e. The van der Waals surface area contributed by atoms with Gasteiger partial charge in [-0.1, -0.05) is 26.7 Å². The molecule has 0 aromatic heterocycles. The molecule has 4 unspecified atom stereocenters. The summed E-state index contributed by atoms with van der Waals surface area (Å²) >= 11 is 2.16. The molecule has 0 bridgehead atoms. The highest BCUT2D eigenvalue weighted by Gasteiger charge is 2.25. The van der Waals surface area contributed by atoms with Crippen LogP contribution in [0.5, 0.6) is 0 Å². The minimum atomic E-state index is 0.789. The summed E-state index contributed by atoms with van der Waals surface area (Å²) in [4.78, 5) is 0. The molecular weight excluding hydrogens is 214 g/mol. The molecule has 2 fully saturated rings. The summed E-state index contributed by atoms with van der Waals surface area (Å²) in [6, 6.07) is 1.60. The molecular formula is C14H27NS. The standard InChI is InChI=1S/C14H27NS/c1-11-5-3-6-13(9-8-11)15-14-7-4-10-16-12(14)2/h11-15H,3-10H2,1-2H3. The van der Waals surface area contributed by atoms with Crippen LogP contribution in [0.1, 0.15) is 58.8 Å². The van der Waals surface area contributed by atoms with Gasteiger partial charge in [0.2, 0.25) is 0 Å². The van der Waals surface area contributed by atoms with E-state index in [-0.39, 0.29) is 0 Å². The number of hydrogen-bond donors (Lipinski definition) is 1. The zero-order chi connectivity index (χ0) is 11.4. The lowest BCUT2D eigenvalue weighted by molar-refractivity contribution is 0.366. The van der Waals surface area contributed by atoms with Crippen molar-refractivity contribution in [2.45, 2.75) is 76.1 Å². The molecule has 1 nitrogen and oxygen atoms in total. The van der Waals surface area contributed by atoms with Gasteiger partial charge in [-0.3, -0.25) is 0 Å². The van der Waals surface area contributed by atoms with E-state index in [9.17, 15) is 0 Å². The SMILES string of the molecule is CC1CCCC(NC2CCCSC2C)CC1. The minimum absolute atomic E-state index is 0.789. The van der Waals surface area contributed by atoms with Gasteiger partial charge < -0.3 is 5.32 Å². The summed E-state index contributed by atoms with van der Waals surface area (Å²) < 4.78 is 0. The fourth-order valence-corrected chi connectivity index (χ4v) is 4.25. The van der Waals surface area contributed by atoms with Crippen LogP contribution in [-0.4, -0.2) is 23.1 Å². The maximum absolute atomic E-state index is 3.95. The molecule has 2 heteroatoms. The summed E-state index contributed by atoms with van der Waals surface area (Å²) in [5.41, 5.74) is 0. The molecule has 0 aromatic carbocycles. The molecule has 0 spiro atoms. The minimum Gasteiger partial charge on any atom is -0.310 e. The monoisotopic (exact) mass is 241 g/mol. The van der Waals surface area contributed by atoms with E-state index in [1.54, 1.807) is 0 Å². The third-order valence-electron chi connectivity index (χ3n) is 4.31. The number of hydrogen-bond acceptors (Lipinski definition) is 2. The predicted octanol–water partition coefficient (Wildman–Crippen LogP) is 3.83. The van der Waals surface area contributed by atoms with Gasteiger partial charge >= 0.3 is 0 Å². The average molecular weight is 241 g/mol. The van der Waals surface area contributed by atoms with Crippen LogP contribution in [0.3, 0.4) is 0 Å². The number of rotatable bonds is 2. The second kappa shape index (κ2) is 6.30. The molecule has 2 rings (SSSR count). The van der Waals surface area contributed by atoms with Crippen LogP contribution in [-0.2, 0) is 0 Å². The lowest BCUT2D eigenvalue weighted by atomic mass is 10.0. The molecule has 16 heavy (non-hydrogen) atoms. The van der Waals surface area contributed by atoms with Crippen molar-refractivity contribution in [2.75, 3.05) is 5.75 Å². The molecule has 94 valence electrons. The van der Waals surface area contributed by atoms with Crippen LogP contribution in [0.2, 0.25) is 0 Å². The summed E-state index contributed by atoms with van der Waals surface area (Å²) in [6.07, 6.45) is 9.97. The Hall–Kier alpha value is 0.310. The Labute approximate surface area is 105 Å². The van der Waals surface area contributed by atoms with E-state index in [0.29, 0.717) is 0 Å². The number of thioether (sulfide) groups is 1. The fraction of sp³-hybridized carbons (Fsp3) is 1.00. The lowest BCUT2D eigenvalue weighted by Gasteiger charge is -2.32. The van der Waals surface area contributed by atoms with Gasteiger partial charge in [-0.2, -0.15) is 11.8 Å². The fourth-order valence-electron chi connectivity index (χ4n) is 3.10. The van der Waals surface area contributed by atoms with Crippen molar-refractivity contribution in [3.05, 3.63) is 0 Å². The zero-order valence-corrected chi connectivity index (χ0v) is 11.7. The molecule has 1 aliphatic heterocycles.